The summed E-state index contributed by atoms with van der Waals surface area (Å²) in [5.41, 5.74) is -0.614. The Bertz CT molecular complexity index is 423. The molecule has 1 aromatic rings. The molecule has 0 saturated heterocycles. The van der Waals surface area contributed by atoms with Gasteiger partial charge in [-0.3, -0.25) is 0 Å². The smallest absolute Gasteiger partial charge is 0.192 e. The molecule has 0 amide bonds. The third-order valence-electron chi connectivity index (χ3n) is 1.80. The van der Waals surface area contributed by atoms with E-state index >= 15 is 0 Å². The van der Waals surface area contributed by atoms with E-state index in [4.69, 9.17) is 16.9 Å². The number of benzene rings is 1. The lowest BCUT2D eigenvalue weighted by Crippen LogP contribution is -2.07. The Labute approximate surface area is 97.6 Å². The van der Waals surface area contributed by atoms with E-state index in [2.05, 4.69) is 15.9 Å². The highest BCUT2D eigenvalue weighted by Crippen LogP contribution is 2.37. The number of rotatable bonds is 1. The van der Waals surface area contributed by atoms with Gasteiger partial charge in [0.25, 0.3) is 0 Å². The van der Waals surface area contributed by atoms with Crippen LogP contribution in [0.5, 0.6) is 0 Å². The molecule has 0 saturated carbocycles. The summed E-state index contributed by atoms with van der Waals surface area (Å²) >= 11 is 8.57. The van der Waals surface area contributed by atoms with E-state index in [9.17, 15) is 13.2 Å². The van der Waals surface area contributed by atoms with Crippen LogP contribution in [0.3, 0.4) is 0 Å². The van der Waals surface area contributed by atoms with Gasteiger partial charge in [-0.15, -0.1) is 0 Å². The number of hydrogen-bond donors (Lipinski definition) is 0. The molecule has 1 nitrogen and oxygen atoms in total. The summed E-state index contributed by atoms with van der Waals surface area (Å²) in [6.07, 6.45) is -4.50. The van der Waals surface area contributed by atoms with Crippen molar-refractivity contribution >= 4 is 27.5 Å². The maximum absolute atomic E-state index is 12.4. The largest absolute Gasteiger partial charge is 0.417 e. The molecule has 0 heterocycles. The van der Waals surface area contributed by atoms with E-state index < -0.39 is 16.8 Å². The Balaban J connectivity index is 3.44. The first-order valence-electron chi connectivity index (χ1n) is 3.76. The topological polar surface area (TPSA) is 23.8 Å². The average Bonchev–Trinajstić information content (AvgIpc) is 2.15. The van der Waals surface area contributed by atoms with Crippen LogP contribution in [0, 0.1) is 11.3 Å². The highest BCUT2D eigenvalue weighted by Gasteiger charge is 2.34. The third-order valence-corrected chi connectivity index (χ3v) is 2.80. The first kappa shape index (κ1) is 12.3. The van der Waals surface area contributed by atoms with Crippen molar-refractivity contribution in [3.63, 3.8) is 0 Å². The highest BCUT2D eigenvalue weighted by molar-refractivity contribution is 9.08. The zero-order valence-corrected chi connectivity index (χ0v) is 9.54. The van der Waals surface area contributed by atoms with E-state index in [-0.39, 0.29) is 16.5 Å². The summed E-state index contributed by atoms with van der Waals surface area (Å²) in [5.74, 6) is 0. The first-order chi connectivity index (χ1) is 6.91. The predicted molar refractivity (Wildman–Crippen MR) is 53.8 cm³/mol. The van der Waals surface area contributed by atoms with Crippen LogP contribution in [0.1, 0.15) is 16.7 Å². The van der Waals surface area contributed by atoms with Gasteiger partial charge in [-0.05, 0) is 17.7 Å². The predicted octanol–water partition coefficient (Wildman–Crippen LogP) is 4.13. The van der Waals surface area contributed by atoms with Crippen molar-refractivity contribution in [2.24, 2.45) is 0 Å². The SMILES string of the molecule is N#Cc1ccc(C(F)(F)F)c(Cl)c1CBr. The van der Waals surface area contributed by atoms with Crippen molar-refractivity contribution in [3.8, 4) is 6.07 Å². The molecule has 80 valence electrons. The van der Waals surface area contributed by atoms with Gasteiger partial charge < -0.3 is 0 Å². The van der Waals surface area contributed by atoms with Gasteiger partial charge in [0.2, 0.25) is 0 Å². The van der Waals surface area contributed by atoms with Gasteiger partial charge in [-0.25, -0.2) is 0 Å². The summed E-state index contributed by atoms with van der Waals surface area (Å²) in [7, 11) is 0. The van der Waals surface area contributed by atoms with Crippen LogP contribution >= 0.6 is 27.5 Å². The molecule has 1 rings (SSSR count). The monoisotopic (exact) mass is 297 g/mol. The van der Waals surface area contributed by atoms with Gasteiger partial charge in [0.15, 0.2) is 0 Å². The Morgan fingerprint density at radius 3 is 2.40 bits per heavy atom. The van der Waals surface area contributed by atoms with Crippen LogP contribution in [0.4, 0.5) is 13.2 Å². The van der Waals surface area contributed by atoms with E-state index in [0.717, 1.165) is 12.1 Å². The molecule has 0 aliphatic carbocycles. The van der Waals surface area contributed by atoms with Crippen LogP contribution in [0.15, 0.2) is 12.1 Å². The zero-order chi connectivity index (χ0) is 11.6. The van der Waals surface area contributed by atoms with Crippen molar-refractivity contribution in [3.05, 3.63) is 33.8 Å². The summed E-state index contributed by atoms with van der Waals surface area (Å²) in [6.45, 7) is 0. The number of hydrogen-bond acceptors (Lipinski definition) is 1. The molecule has 0 spiro atoms. The van der Waals surface area contributed by atoms with Gasteiger partial charge in [-0.1, -0.05) is 27.5 Å². The standard InChI is InChI=1S/C9H4BrClF3N/c10-3-6-5(4-15)1-2-7(8(6)11)9(12,13)14/h1-2H,3H2. The molecule has 1 aromatic carbocycles. The number of nitrogens with zero attached hydrogens (tertiary/aromatic N) is 1. The van der Waals surface area contributed by atoms with Crippen LogP contribution in [-0.2, 0) is 11.5 Å². The summed E-state index contributed by atoms with van der Waals surface area (Å²) in [6, 6.07) is 3.71. The third kappa shape index (κ3) is 2.44. The molecule has 0 N–H and O–H groups in total. The molecule has 0 radical (unpaired) electrons. The summed E-state index contributed by atoms with van der Waals surface area (Å²) in [4.78, 5) is 0. The molecule has 0 bridgehead atoms. The lowest BCUT2D eigenvalue weighted by molar-refractivity contribution is -0.137. The molecular weight excluding hydrogens is 294 g/mol. The number of halogens is 5. The molecule has 15 heavy (non-hydrogen) atoms. The minimum absolute atomic E-state index is 0.110. The normalized spacial score (nSPS) is 11.2. The summed E-state index contributed by atoms with van der Waals surface area (Å²) in [5, 5.41) is 8.35. The molecule has 6 heteroatoms. The second-order valence-electron chi connectivity index (χ2n) is 2.70. The number of alkyl halides is 4. The number of nitriles is 1. The molecular formula is C9H4BrClF3N. The molecule has 0 aliphatic heterocycles. The van der Waals surface area contributed by atoms with Crippen molar-refractivity contribution in [1.82, 2.24) is 0 Å². The Kier molecular flexibility index (Phi) is 3.63. The molecule has 0 atom stereocenters. The highest BCUT2D eigenvalue weighted by atomic mass is 79.9. The van der Waals surface area contributed by atoms with Crippen LogP contribution in [0.2, 0.25) is 5.02 Å². The second kappa shape index (κ2) is 4.42. The van der Waals surface area contributed by atoms with Crippen LogP contribution in [0.25, 0.3) is 0 Å². The van der Waals surface area contributed by atoms with Crippen molar-refractivity contribution in [2.45, 2.75) is 11.5 Å². The zero-order valence-electron chi connectivity index (χ0n) is 7.20. The van der Waals surface area contributed by atoms with Gasteiger partial charge in [0.1, 0.15) is 0 Å². The lowest BCUT2D eigenvalue weighted by atomic mass is 10.1. The van der Waals surface area contributed by atoms with Gasteiger partial charge in [-0.2, -0.15) is 18.4 Å². The van der Waals surface area contributed by atoms with E-state index in [1.165, 1.54) is 0 Å². The van der Waals surface area contributed by atoms with E-state index in [0.29, 0.717) is 0 Å². The quantitative estimate of drug-likeness (QED) is 0.715. The van der Waals surface area contributed by atoms with Gasteiger partial charge >= 0.3 is 6.18 Å². The van der Waals surface area contributed by atoms with Gasteiger partial charge in [0, 0.05) is 5.33 Å². The first-order valence-corrected chi connectivity index (χ1v) is 5.26. The summed E-state index contributed by atoms with van der Waals surface area (Å²) < 4.78 is 37.3. The van der Waals surface area contributed by atoms with Crippen molar-refractivity contribution in [2.75, 3.05) is 0 Å². The van der Waals surface area contributed by atoms with E-state index in [1.54, 1.807) is 6.07 Å². The fourth-order valence-corrected chi connectivity index (χ4v) is 2.16. The molecule has 0 aromatic heterocycles. The molecule has 0 aliphatic rings. The van der Waals surface area contributed by atoms with Crippen LogP contribution in [-0.4, -0.2) is 0 Å². The Morgan fingerprint density at radius 2 is 2.00 bits per heavy atom. The maximum Gasteiger partial charge on any atom is 0.417 e. The maximum atomic E-state index is 12.4. The molecule has 0 unspecified atom stereocenters. The Morgan fingerprint density at radius 1 is 1.40 bits per heavy atom. The Hall–Kier alpha value is -0.730. The second-order valence-corrected chi connectivity index (χ2v) is 3.64. The van der Waals surface area contributed by atoms with Gasteiger partial charge in [0.05, 0.1) is 22.2 Å². The lowest BCUT2D eigenvalue weighted by Gasteiger charge is -2.12. The minimum atomic E-state index is -4.50. The average molecular weight is 298 g/mol. The van der Waals surface area contributed by atoms with Crippen LogP contribution < -0.4 is 0 Å². The van der Waals surface area contributed by atoms with E-state index in [1.807, 2.05) is 0 Å². The van der Waals surface area contributed by atoms with Crippen molar-refractivity contribution < 1.29 is 13.2 Å². The fraction of sp³-hybridized carbons (Fsp3) is 0.222. The minimum Gasteiger partial charge on any atom is -0.192 e. The molecule has 0 fully saturated rings. The fourth-order valence-electron chi connectivity index (χ4n) is 1.08. The van der Waals surface area contributed by atoms with Crippen molar-refractivity contribution in [1.29, 1.82) is 5.26 Å².